The number of nitrogens with zero attached hydrogens (tertiary/aromatic N) is 5. The highest BCUT2D eigenvalue weighted by atomic mass is 32.2. The molecule has 0 atom stereocenters. The van der Waals surface area contributed by atoms with Crippen LogP contribution in [0.1, 0.15) is 37.0 Å². The Morgan fingerprint density at radius 3 is 2.50 bits per heavy atom. The molecule has 1 aromatic carbocycles. The summed E-state index contributed by atoms with van der Waals surface area (Å²) in [6.07, 6.45) is 4.39. The van der Waals surface area contributed by atoms with Crippen LogP contribution in [-0.4, -0.2) is 62.1 Å². The number of pyridine rings is 1. The number of carbonyl (C=O) groups is 1. The van der Waals surface area contributed by atoms with Crippen molar-refractivity contribution >= 4 is 51.7 Å². The average Bonchev–Trinajstić information content (AvgIpc) is 3.17. The van der Waals surface area contributed by atoms with E-state index in [0.29, 0.717) is 38.7 Å². The van der Waals surface area contributed by atoms with E-state index in [1.165, 1.54) is 17.3 Å². The van der Waals surface area contributed by atoms with Gasteiger partial charge in [-0.1, -0.05) is 74.2 Å². The fourth-order valence-corrected chi connectivity index (χ4v) is 6.08. The second-order valence-electron chi connectivity index (χ2n) is 10.4. The number of anilines is 1. The Morgan fingerprint density at radius 1 is 1.05 bits per heavy atom. The Kier molecular flexibility index (Phi) is 7.97. The lowest BCUT2D eigenvalue weighted by atomic mass is 10.1. The van der Waals surface area contributed by atoms with Gasteiger partial charge in [-0.15, -0.1) is 0 Å². The number of carbonyl (C=O) groups excluding carboxylic acids is 1. The summed E-state index contributed by atoms with van der Waals surface area (Å²) < 4.78 is 2.12. The van der Waals surface area contributed by atoms with Crippen molar-refractivity contribution in [1.82, 2.24) is 19.2 Å². The normalized spacial score (nSPS) is 17.9. The highest BCUT2D eigenvalue weighted by molar-refractivity contribution is 8.26. The van der Waals surface area contributed by atoms with E-state index in [0.717, 1.165) is 44.7 Å². The van der Waals surface area contributed by atoms with Crippen molar-refractivity contribution in [3.63, 3.8) is 0 Å². The van der Waals surface area contributed by atoms with Gasteiger partial charge >= 0.3 is 0 Å². The molecular formula is C29H33N5O2S2. The highest BCUT2D eigenvalue weighted by Crippen LogP contribution is 2.34. The smallest absolute Gasteiger partial charge is 0.267 e. The third kappa shape index (κ3) is 5.70. The summed E-state index contributed by atoms with van der Waals surface area (Å²) in [5, 5.41) is 0. The molecule has 0 N–H and O–H groups in total. The third-order valence-electron chi connectivity index (χ3n) is 6.99. The van der Waals surface area contributed by atoms with Crippen molar-refractivity contribution in [3.05, 3.63) is 80.6 Å². The fourth-order valence-electron chi connectivity index (χ4n) is 4.78. The molecule has 2 fully saturated rings. The SMILES string of the molecule is Cc1ccc2nc(N3CCN(Cc4ccccc4)CC3)c(C=C3SC(=S)N(CCC(C)C)C3=O)c(=O)n2c1. The second kappa shape index (κ2) is 11.4. The maximum absolute atomic E-state index is 13.8. The molecule has 3 aromatic rings. The maximum atomic E-state index is 13.8. The Morgan fingerprint density at radius 2 is 1.79 bits per heavy atom. The molecule has 38 heavy (non-hydrogen) atoms. The van der Waals surface area contributed by atoms with Crippen molar-refractivity contribution in [2.75, 3.05) is 37.6 Å². The molecule has 0 spiro atoms. The summed E-state index contributed by atoms with van der Waals surface area (Å²) >= 11 is 6.80. The van der Waals surface area contributed by atoms with Gasteiger partial charge in [-0.2, -0.15) is 0 Å². The van der Waals surface area contributed by atoms with Crippen LogP contribution in [0, 0.1) is 12.8 Å². The number of rotatable bonds is 7. The standard InChI is InChI=1S/C29H33N5O2S2/c1-20(2)11-12-33-28(36)24(38-29(33)37)17-23-26(30-25-10-9-21(3)18-34(25)27(23)35)32-15-13-31(14-16-32)19-22-7-5-4-6-8-22/h4-10,17-18,20H,11-16,19H2,1-3H3. The van der Waals surface area contributed by atoms with Gasteiger partial charge in [-0.3, -0.25) is 23.8 Å². The predicted molar refractivity (Wildman–Crippen MR) is 159 cm³/mol. The molecule has 0 aliphatic carbocycles. The van der Waals surface area contributed by atoms with E-state index in [2.05, 4.69) is 47.9 Å². The predicted octanol–water partition coefficient (Wildman–Crippen LogP) is 4.57. The summed E-state index contributed by atoms with van der Waals surface area (Å²) in [7, 11) is 0. The summed E-state index contributed by atoms with van der Waals surface area (Å²) in [4.78, 5) is 38.7. The number of piperazine rings is 1. The van der Waals surface area contributed by atoms with E-state index in [-0.39, 0.29) is 11.5 Å². The lowest BCUT2D eigenvalue weighted by molar-refractivity contribution is -0.122. The molecular weight excluding hydrogens is 514 g/mol. The van der Waals surface area contributed by atoms with Crippen LogP contribution in [0.3, 0.4) is 0 Å². The van der Waals surface area contributed by atoms with E-state index < -0.39 is 0 Å². The largest absolute Gasteiger partial charge is 0.353 e. The molecule has 0 radical (unpaired) electrons. The first-order valence-electron chi connectivity index (χ1n) is 13.1. The Labute approximate surface area is 233 Å². The number of hydrogen-bond acceptors (Lipinski definition) is 7. The van der Waals surface area contributed by atoms with E-state index in [1.807, 2.05) is 25.1 Å². The van der Waals surface area contributed by atoms with Crippen LogP contribution in [0.2, 0.25) is 0 Å². The number of fused-ring (bicyclic) bond motifs is 1. The number of aryl methyl sites for hydroxylation is 1. The van der Waals surface area contributed by atoms with E-state index in [4.69, 9.17) is 17.2 Å². The van der Waals surface area contributed by atoms with Crippen LogP contribution in [0.15, 0.2) is 58.4 Å². The summed E-state index contributed by atoms with van der Waals surface area (Å²) in [6, 6.07) is 14.3. The van der Waals surface area contributed by atoms with Crippen LogP contribution in [0.5, 0.6) is 0 Å². The summed E-state index contributed by atoms with van der Waals surface area (Å²) in [6.45, 7) is 10.9. The van der Waals surface area contributed by atoms with Gasteiger partial charge in [0.05, 0.1) is 10.5 Å². The Balaban J connectivity index is 1.46. The third-order valence-corrected chi connectivity index (χ3v) is 8.36. The van der Waals surface area contributed by atoms with Crippen LogP contribution in [-0.2, 0) is 11.3 Å². The molecule has 0 saturated carbocycles. The maximum Gasteiger partial charge on any atom is 0.267 e. The van der Waals surface area contributed by atoms with Gasteiger partial charge in [0.25, 0.3) is 11.5 Å². The lowest BCUT2D eigenvalue weighted by Gasteiger charge is -2.36. The topological polar surface area (TPSA) is 61.2 Å². The number of amides is 1. The van der Waals surface area contributed by atoms with Crippen molar-refractivity contribution < 1.29 is 4.79 Å². The van der Waals surface area contributed by atoms with Crippen LogP contribution in [0.4, 0.5) is 5.82 Å². The molecule has 4 heterocycles. The first-order chi connectivity index (χ1) is 18.3. The van der Waals surface area contributed by atoms with Crippen LogP contribution in [0.25, 0.3) is 11.7 Å². The molecule has 2 saturated heterocycles. The molecule has 2 aromatic heterocycles. The van der Waals surface area contributed by atoms with Gasteiger partial charge < -0.3 is 4.90 Å². The summed E-state index contributed by atoms with van der Waals surface area (Å²) in [5.74, 6) is 0.965. The molecule has 2 aliphatic rings. The van der Waals surface area contributed by atoms with Gasteiger partial charge in [0.2, 0.25) is 0 Å². The first-order valence-corrected chi connectivity index (χ1v) is 14.3. The van der Waals surface area contributed by atoms with Gasteiger partial charge in [0.15, 0.2) is 0 Å². The Bertz CT molecular complexity index is 1440. The van der Waals surface area contributed by atoms with E-state index in [9.17, 15) is 9.59 Å². The van der Waals surface area contributed by atoms with E-state index >= 15 is 0 Å². The monoisotopic (exact) mass is 547 g/mol. The zero-order chi connectivity index (χ0) is 26.8. The minimum absolute atomic E-state index is 0.131. The number of aromatic nitrogens is 2. The number of thiocarbonyl (C=S) groups is 1. The molecule has 9 heteroatoms. The zero-order valence-corrected chi connectivity index (χ0v) is 23.7. The molecule has 0 unspecified atom stereocenters. The van der Waals surface area contributed by atoms with E-state index in [1.54, 1.807) is 21.6 Å². The minimum Gasteiger partial charge on any atom is -0.353 e. The van der Waals surface area contributed by atoms with Crippen molar-refractivity contribution in [1.29, 1.82) is 0 Å². The van der Waals surface area contributed by atoms with Crippen LogP contribution >= 0.6 is 24.0 Å². The minimum atomic E-state index is -0.173. The molecule has 2 aliphatic heterocycles. The quantitative estimate of drug-likeness (QED) is 0.317. The van der Waals surface area contributed by atoms with Crippen molar-refractivity contribution in [3.8, 4) is 0 Å². The number of thioether (sulfide) groups is 1. The van der Waals surface area contributed by atoms with Gasteiger partial charge in [-0.05, 0) is 42.5 Å². The number of hydrogen-bond donors (Lipinski definition) is 0. The lowest BCUT2D eigenvalue weighted by Crippen LogP contribution is -2.47. The average molecular weight is 548 g/mol. The van der Waals surface area contributed by atoms with Crippen molar-refractivity contribution in [2.24, 2.45) is 5.92 Å². The molecule has 0 bridgehead atoms. The van der Waals surface area contributed by atoms with Crippen molar-refractivity contribution in [2.45, 2.75) is 33.7 Å². The fraction of sp³-hybridized carbons (Fsp3) is 0.379. The molecule has 1 amide bonds. The highest BCUT2D eigenvalue weighted by Gasteiger charge is 2.33. The molecule has 5 rings (SSSR count). The molecule has 198 valence electrons. The van der Waals surface area contributed by atoms with Gasteiger partial charge in [-0.25, -0.2) is 4.98 Å². The number of benzene rings is 1. The second-order valence-corrected chi connectivity index (χ2v) is 12.0. The van der Waals surface area contributed by atoms with Gasteiger partial charge in [0.1, 0.15) is 15.8 Å². The first kappa shape index (κ1) is 26.6. The molecule has 7 nitrogen and oxygen atoms in total. The summed E-state index contributed by atoms with van der Waals surface area (Å²) in [5.41, 5.74) is 3.12. The van der Waals surface area contributed by atoms with Crippen LogP contribution < -0.4 is 10.5 Å². The zero-order valence-electron chi connectivity index (χ0n) is 22.1. The van der Waals surface area contributed by atoms with Gasteiger partial charge in [0, 0.05) is 45.5 Å². The Hall–Kier alpha value is -3.01.